The average Bonchev–Trinajstić information content (AvgIpc) is 3.23. The molecule has 1 aliphatic heterocycles. The fourth-order valence-electron chi connectivity index (χ4n) is 5.50. The van der Waals surface area contributed by atoms with Crippen LogP contribution in [0.1, 0.15) is 36.0 Å². The maximum atomic E-state index is 10.2. The molecule has 4 aromatic rings. The van der Waals surface area contributed by atoms with Gasteiger partial charge < -0.3 is 4.90 Å². The maximum Gasteiger partial charge on any atom is 0.102 e. The monoisotopic (exact) mass is 400 g/mol. The van der Waals surface area contributed by atoms with E-state index in [4.69, 9.17) is 0 Å². The molecule has 2 aliphatic rings. The van der Waals surface area contributed by atoms with Crippen LogP contribution in [0.3, 0.4) is 0 Å². The lowest BCUT2D eigenvalue weighted by atomic mass is 9.88. The van der Waals surface area contributed by atoms with Gasteiger partial charge in [-0.15, -0.1) is 0 Å². The van der Waals surface area contributed by atoms with E-state index < -0.39 is 0 Å². The summed E-state index contributed by atoms with van der Waals surface area (Å²) in [6.45, 7) is 2.07. The van der Waals surface area contributed by atoms with Crippen molar-refractivity contribution in [2.45, 2.75) is 25.7 Å². The first-order chi connectivity index (χ1) is 15.3. The van der Waals surface area contributed by atoms with Crippen molar-refractivity contribution >= 4 is 16.5 Å². The van der Waals surface area contributed by atoms with Gasteiger partial charge in [0.15, 0.2) is 0 Å². The van der Waals surface area contributed by atoms with Crippen molar-refractivity contribution in [1.82, 2.24) is 0 Å². The summed E-state index contributed by atoms with van der Waals surface area (Å²) in [5.41, 5.74) is 9.58. The number of benzene rings is 4. The predicted octanol–water partition coefficient (Wildman–Crippen LogP) is 6.94. The number of rotatable bonds is 2. The van der Waals surface area contributed by atoms with Gasteiger partial charge >= 0.3 is 0 Å². The first kappa shape index (κ1) is 18.2. The number of piperidine rings is 1. The highest BCUT2D eigenvalue weighted by molar-refractivity contribution is 6.04. The normalized spacial score (nSPS) is 14.9. The van der Waals surface area contributed by atoms with Crippen molar-refractivity contribution in [3.63, 3.8) is 0 Å². The Balaban J connectivity index is 1.69. The fourth-order valence-corrected chi connectivity index (χ4v) is 5.50. The molecule has 150 valence electrons. The summed E-state index contributed by atoms with van der Waals surface area (Å²) in [5, 5.41) is 12.8. The smallest absolute Gasteiger partial charge is 0.102 e. The second-order valence-electron chi connectivity index (χ2n) is 8.69. The second-order valence-corrected chi connectivity index (χ2v) is 8.69. The van der Waals surface area contributed by atoms with E-state index in [1.54, 1.807) is 0 Å². The SMILES string of the molecule is N#Cc1c(N2CCCCC2)cc(-c2cccc3ccccc23)c2c1Cc1ccccc1-2. The van der Waals surface area contributed by atoms with Gasteiger partial charge in [-0.3, -0.25) is 0 Å². The Morgan fingerprint density at radius 1 is 0.742 bits per heavy atom. The summed E-state index contributed by atoms with van der Waals surface area (Å²) in [6, 6.07) is 28.8. The molecule has 0 unspecified atom stereocenters. The van der Waals surface area contributed by atoms with Gasteiger partial charge in [0, 0.05) is 19.5 Å². The lowest BCUT2D eigenvalue weighted by Crippen LogP contribution is -2.30. The van der Waals surface area contributed by atoms with E-state index in [1.807, 2.05) is 0 Å². The molecule has 0 aromatic heterocycles. The summed E-state index contributed by atoms with van der Waals surface area (Å²) in [4.78, 5) is 2.44. The van der Waals surface area contributed by atoms with Crippen molar-refractivity contribution < 1.29 is 0 Å². The zero-order valence-electron chi connectivity index (χ0n) is 17.6. The Morgan fingerprint density at radius 2 is 1.48 bits per heavy atom. The predicted molar refractivity (Wildman–Crippen MR) is 128 cm³/mol. The zero-order valence-corrected chi connectivity index (χ0v) is 17.6. The minimum Gasteiger partial charge on any atom is -0.370 e. The van der Waals surface area contributed by atoms with Gasteiger partial charge in [0.25, 0.3) is 0 Å². The van der Waals surface area contributed by atoms with Crippen molar-refractivity contribution in [2.75, 3.05) is 18.0 Å². The molecule has 2 heteroatoms. The average molecular weight is 401 g/mol. The summed E-state index contributed by atoms with van der Waals surface area (Å²) >= 11 is 0. The van der Waals surface area contributed by atoms with Crippen LogP contribution in [-0.4, -0.2) is 13.1 Å². The van der Waals surface area contributed by atoms with Gasteiger partial charge in [-0.25, -0.2) is 0 Å². The molecule has 2 nitrogen and oxygen atoms in total. The number of anilines is 1. The molecule has 1 fully saturated rings. The topological polar surface area (TPSA) is 27.0 Å². The third-order valence-electron chi connectivity index (χ3n) is 6.95. The summed E-state index contributed by atoms with van der Waals surface area (Å²) < 4.78 is 0. The van der Waals surface area contributed by atoms with Gasteiger partial charge in [0.05, 0.1) is 11.3 Å². The van der Waals surface area contributed by atoms with Crippen molar-refractivity contribution in [3.8, 4) is 28.3 Å². The molecule has 1 aliphatic carbocycles. The van der Waals surface area contributed by atoms with E-state index in [1.165, 1.54) is 63.4 Å². The van der Waals surface area contributed by atoms with Crippen LogP contribution >= 0.6 is 0 Å². The van der Waals surface area contributed by atoms with Crippen LogP contribution in [0.15, 0.2) is 72.8 Å². The Morgan fingerprint density at radius 3 is 2.35 bits per heavy atom. The van der Waals surface area contributed by atoms with Gasteiger partial charge in [-0.1, -0.05) is 66.7 Å². The minimum atomic E-state index is 0.841. The molecule has 0 atom stereocenters. The third-order valence-corrected chi connectivity index (χ3v) is 6.95. The van der Waals surface area contributed by atoms with E-state index in [0.717, 1.165) is 30.8 Å². The fraction of sp³-hybridized carbons (Fsp3) is 0.207. The van der Waals surface area contributed by atoms with Crippen LogP contribution < -0.4 is 4.90 Å². The van der Waals surface area contributed by atoms with Crippen molar-refractivity contribution in [3.05, 3.63) is 89.5 Å². The zero-order chi connectivity index (χ0) is 20.8. The second kappa shape index (κ2) is 7.29. The first-order valence-electron chi connectivity index (χ1n) is 11.3. The Labute approximate surface area is 183 Å². The molecule has 31 heavy (non-hydrogen) atoms. The highest BCUT2D eigenvalue weighted by atomic mass is 15.1. The molecular weight excluding hydrogens is 376 g/mol. The lowest BCUT2D eigenvalue weighted by Gasteiger charge is -2.31. The summed E-state index contributed by atoms with van der Waals surface area (Å²) in [5.74, 6) is 0. The molecule has 0 radical (unpaired) electrons. The molecular formula is C29H24N2. The molecule has 1 heterocycles. The van der Waals surface area contributed by atoms with Crippen molar-refractivity contribution in [1.29, 1.82) is 5.26 Å². The van der Waals surface area contributed by atoms with Crippen LogP contribution in [-0.2, 0) is 6.42 Å². The molecule has 0 bridgehead atoms. The van der Waals surface area contributed by atoms with E-state index in [-0.39, 0.29) is 0 Å². The summed E-state index contributed by atoms with van der Waals surface area (Å²) in [7, 11) is 0. The highest BCUT2D eigenvalue weighted by Crippen LogP contribution is 2.48. The van der Waals surface area contributed by atoms with E-state index in [2.05, 4.69) is 83.8 Å². The first-order valence-corrected chi connectivity index (χ1v) is 11.3. The number of hydrogen-bond donors (Lipinski definition) is 0. The maximum absolute atomic E-state index is 10.2. The lowest BCUT2D eigenvalue weighted by molar-refractivity contribution is 0.577. The molecule has 0 amide bonds. The molecule has 4 aromatic carbocycles. The number of nitriles is 1. The number of fused-ring (bicyclic) bond motifs is 4. The Kier molecular flexibility index (Phi) is 4.28. The largest absolute Gasteiger partial charge is 0.370 e. The third kappa shape index (κ3) is 2.85. The van der Waals surface area contributed by atoms with E-state index >= 15 is 0 Å². The molecule has 0 spiro atoms. The molecule has 0 N–H and O–H groups in total. The standard InChI is InChI=1S/C29H24N2/c30-19-27-25-17-21-10-3-5-13-23(21)29(25)26(18-28(27)31-15-6-1-7-16-31)24-14-8-11-20-9-2-4-12-22(20)24/h2-5,8-14,18H,1,6-7,15-17H2. The van der Waals surface area contributed by atoms with Crippen LogP contribution in [0.5, 0.6) is 0 Å². The Bertz CT molecular complexity index is 1350. The van der Waals surface area contributed by atoms with Gasteiger partial charge in [0.2, 0.25) is 0 Å². The Hall–Kier alpha value is -3.57. The van der Waals surface area contributed by atoms with E-state index in [9.17, 15) is 5.26 Å². The van der Waals surface area contributed by atoms with Crippen LogP contribution in [0.25, 0.3) is 33.0 Å². The van der Waals surface area contributed by atoms with Crippen molar-refractivity contribution in [2.24, 2.45) is 0 Å². The van der Waals surface area contributed by atoms with Crippen LogP contribution in [0.4, 0.5) is 5.69 Å². The summed E-state index contributed by atoms with van der Waals surface area (Å²) in [6.07, 6.45) is 4.52. The van der Waals surface area contributed by atoms with Crippen LogP contribution in [0.2, 0.25) is 0 Å². The minimum absolute atomic E-state index is 0.841. The molecule has 0 saturated carbocycles. The molecule has 1 saturated heterocycles. The van der Waals surface area contributed by atoms with Gasteiger partial charge in [0.1, 0.15) is 6.07 Å². The highest BCUT2D eigenvalue weighted by Gasteiger charge is 2.29. The number of nitrogens with zero attached hydrogens (tertiary/aromatic N) is 2. The number of hydrogen-bond acceptors (Lipinski definition) is 2. The van der Waals surface area contributed by atoms with Crippen LogP contribution in [0, 0.1) is 11.3 Å². The van der Waals surface area contributed by atoms with Gasteiger partial charge in [-0.2, -0.15) is 5.26 Å². The molecule has 6 rings (SSSR count). The van der Waals surface area contributed by atoms with E-state index in [0.29, 0.717) is 0 Å². The van der Waals surface area contributed by atoms with Gasteiger partial charge in [-0.05, 0) is 69.5 Å². The quantitative estimate of drug-likeness (QED) is 0.321.